The van der Waals surface area contributed by atoms with Crippen LogP contribution in [0.3, 0.4) is 0 Å². The van der Waals surface area contributed by atoms with Crippen LogP contribution >= 0.6 is 23.2 Å². The predicted octanol–water partition coefficient (Wildman–Crippen LogP) is 4.13. The van der Waals surface area contributed by atoms with E-state index >= 15 is 0 Å². The van der Waals surface area contributed by atoms with Gasteiger partial charge in [0, 0.05) is 18.1 Å². The average Bonchev–Trinajstić information content (AvgIpc) is 2.63. The molecule has 1 atom stereocenters. The van der Waals surface area contributed by atoms with Crippen molar-refractivity contribution < 1.29 is 19.2 Å². The zero-order valence-electron chi connectivity index (χ0n) is 14.3. The Labute approximate surface area is 164 Å². The van der Waals surface area contributed by atoms with E-state index in [0.717, 1.165) is 6.07 Å². The maximum Gasteiger partial charge on any atom is 0.339 e. The molecule has 0 saturated carbocycles. The van der Waals surface area contributed by atoms with E-state index in [1.165, 1.54) is 38.2 Å². The molecule has 0 spiro atoms. The number of amides is 1. The highest BCUT2D eigenvalue weighted by Gasteiger charge is 2.22. The van der Waals surface area contributed by atoms with Crippen molar-refractivity contribution in [1.82, 2.24) is 0 Å². The van der Waals surface area contributed by atoms with E-state index in [2.05, 4.69) is 10.6 Å². The highest BCUT2D eigenvalue weighted by molar-refractivity contribution is 6.35. The molecule has 2 aromatic carbocycles. The summed E-state index contributed by atoms with van der Waals surface area (Å²) in [5, 5.41) is 16.9. The Kier molecular flexibility index (Phi) is 6.59. The zero-order chi connectivity index (χ0) is 20.1. The summed E-state index contributed by atoms with van der Waals surface area (Å²) in [6, 6.07) is 8.34. The second-order valence-electron chi connectivity index (χ2n) is 5.40. The maximum absolute atomic E-state index is 12.2. The molecule has 2 aromatic rings. The van der Waals surface area contributed by atoms with E-state index < -0.39 is 22.9 Å². The fourth-order valence-electron chi connectivity index (χ4n) is 2.13. The number of carbonyl (C=O) groups is 2. The van der Waals surface area contributed by atoms with Crippen molar-refractivity contribution in [3.05, 3.63) is 62.1 Å². The van der Waals surface area contributed by atoms with Crippen molar-refractivity contribution in [2.45, 2.75) is 13.0 Å². The number of nitrogens with one attached hydrogen (secondary N) is 2. The first-order valence-electron chi connectivity index (χ1n) is 7.66. The number of benzene rings is 2. The molecule has 0 unspecified atom stereocenters. The van der Waals surface area contributed by atoms with Crippen LogP contribution in [0.4, 0.5) is 17.1 Å². The third kappa shape index (κ3) is 5.08. The fraction of sp³-hybridized carbons (Fsp3) is 0.176. The van der Waals surface area contributed by atoms with E-state index in [-0.39, 0.29) is 27.6 Å². The van der Waals surface area contributed by atoms with Gasteiger partial charge in [-0.1, -0.05) is 23.2 Å². The van der Waals surface area contributed by atoms with Crippen LogP contribution in [0.2, 0.25) is 10.0 Å². The van der Waals surface area contributed by atoms with Gasteiger partial charge in [0.1, 0.15) is 5.69 Å². The molecule has 2 N–H and O–H groups in total. The van der Waals surface area contributed by atoms with Crippen LogP contribution in [0, 0.1) is 10.1 Å². The number of halogens is 2. The molecule has 0 saturated heterocycles. The molecule has 0 aromatic heterocycles. The van der Waals surface area contributed by atoms with Crippen LogP contribution in [-0.4, -0.2) is 30.0 Å². The smallest absolute Gasteiger partial charge is 0.339 e. The Morgan fingerprint density at radius 3 is 2.48 bits per heavy atom. The molecule has 142 valence electrons. The van der Waals surface area contributed by atoms with Crippen molar-refractivity contribution in [3.8, 4) is 0 Å². The molecule has 0 bridgehead atoms. The van der Waals surface area contributed by atoms with E-state index in [9.17, 15) is 19.7 Å². The number of hydrogen-bond acceptors (Lipinski definition) is 6. The molecular formula is C17H15Cl2N3O5. The maximum atomic E-state index is 12.2. The summed E-state index contributed by atoms with van der Waals surface area (Å²) in [6.45, 7) is 1.36. The van der Waals surface area contributed by atoms with E-state index in [1.54, 1.807) is 6.07 Å². The number of nitro groups is 1. The van der Waals surface area contributed by atoms with E-state index in [0.29, 0.717) is 5.02 Å². The highest BCUT2D eigenvalue weighted by atomic mass is 35.5. The van der Waals surface area contributed by atoms with Gasteiger partial charge in [0.25, 0.3) is 11.6 Å². The first-order chi connectivity index (χ1) is 12.7. The summed E-state index contributed by atoms with van der Waals surface area (Å²) < 4.78 is 5.08. The number of rotatable bonds is 6. The average molecular weight is 412 g/mol. The fourth-order valence-corrected chi connectivity index (χ4v) is 2.47. The van der Waals surface area contributed by atoms with Gasteiger partial charge in [-0.05, 0) is 37.3 Å². The minimum absolute atomic E-state index is 0.0545. The molecule has 1 amide bonds. The summed E-state index contributed by atoms with van der Waals surface area (Å²) >= 11 is 11.8. The number of hydrogen-bond donors (Lipinski definition) is 2. The van der Waals surface area contributed by atoms with Crippen LogP contribution in [-0.2, 0) is 9.53 Å². The van der Waals surface area contributed by atoms with Gasteiger partial charge in [0.15, 0.2) is 6.10 Å². The van der Waals surface area contributed by atoms with Gasteiger partial charge in [0.05, 0.1) is 21.2 Å². The molecule has 0 aliphatic rings. The van der Waals surface area contributed by atoms with Crippen LogP contribution in [0.1, 0.15) is 17.3 Å². The van der Waals surface area contributed by atoms with Crippen molar-refractivity contribution >= 4 is 52.1 Å². The lowest BCUT2D eigenvalue weighted by Gasteiger charge is -2.14. The number of esters is 1. The molecule has 0 heterocycles. The lowest BCUT2D eigenvalue weighted by Crippen LogP contribution is -2.30. The van der Waals surface area contributed by atoms with E-state index in [1.807, 2.05) is 0 Å². The van der Waals surface area contributed by atoms with Gasteiger partial charge in [-0.25, -0.2) is 4.79 Å². The standard InChI is InChI=1S/C17H15Cl2N3O5/c1-9(16(23)21-14-8-11(18)4-5-12(14)19)27-17(24)10-3-6-13(20-2)15(7-10)22(25)26/h3-9,20H,1-2H3,(H,21,23)/t9-/m1/s1. The Balaban J connectivity index is 2.10. The summed E-state index contributed by atoms with van der Waals surface area (Å²) in [5.74, 6) is -1.51. The lowest BCUT2D eigenvalue weighted by molar-refractivity contribution is -0.384. The molecule has 0 fully saturated rings. The predicted molar refractivity (Wildman–Crippen MR) is 103 cm³/mol. The quantitative estimate of drug-likeness (QED) is 0.419. The van der Waals surface area contributed by atoms with Gasteiger partial charge in [0.2, 0.25) is 0 Å². The Bertz CT molecular complexity index is 904. The van der Waals surface area contributed by atoms with Gasteiger partial charge < -0.3 is 15.4 Å². The first-order valence-corrected chi connectivity index (χ1v) is 8.41. The molecule has 2 rings (SSSR count). The highest BCUT2D eigenvalue weighted by Crippen LogP contribution is 2.27. The van der Waals surface area contributed by atoms with Crippen LogP contribution < -0.4 is 10.6 Å². The van der Waals surface area contributed by atoms with Crippen LogP contribution in [0.15, 0.2) is 36.4 Å². The molecule has 8 nitrogen and oxygen atoms in total. The third-order valence-corrected chi connectivity index (χ3v) is 4.10. The van der Waals surface area contributed by atoms with Crippen LogP contribution in [0.5, 0.6) is 0 Å². The monoisotopic (exact) mass is 411 g/mol. The summed E-state index contributed by atoms with van der Waals surface area (Å²) in [6.07, 6.45) is -1.17. The molecule has 0 radical (unpaired) electrons. The molecule has 0 aliphatic heterocycles. The molecule has 10 heteroatoms. The minimum atomic E-state index is -1.17. The Morgan fingerprint density at radius 1 is 1.15 bits per heavy atom. The first kappa shape index (κ1) is 20.5. The second-order valence-corrected chi connectivity index (χ2v) is 6.24. The van der Waals surface area contributed by atoms with Crippen molar-refractivity contribution in [2.75, 3.05) is 17.7 Å². The normalized spacial score (nSPS) is 11.4. The van der Waals surface area contributed by atoms with Gasteiger partial charge in [-0.2, -0.15) is 0 Å². The minimum Gasteiger partial charge on any atom is -0.449 e. The number of carbonyl (C=O) groups excluding carboxylic acids is 2. The summed E-state index contributed by atoms with van der Waals surface area (Å²) in [7, 11) is 1.52. The number of anilines is 2. The number of nitrogens with zero attached hydrogens (tertiary/aromatic N) is 1. The number of nitro benzene ring substituents is 1. The lowest BCUT2D eigenvalue weighted by atomic mass is 10.1. The van der Waals surface area contributed by atoms with Crippen molar-refractivity contribution in [2.24, 2.45) is 0 Å². The van der Waals surface area contributed by atoms with Gasteiger partial charge in [-0.3, -0.25) is 14.9 Å². The molecule has 27 heavy (non-hydrogen) atoms. The summed E-state index contributed by atoms with van der Waals surface area (Å²) in [5.41, 5.74) is 0.180. The number of ether oxygens (including phenoxy) is 1. The topological polar surface area (TPSA) is 111 Å². The molecule has 0 aliphatic carbocycles. The SMILES string of the molecule is CNc1ccc(C(=O)O[C@H](C)C(=O)Nc2cc(Cl)ccc2Cl)cc1[N+](=O)[O-]. The third-order valence-electron chi connectivity index (χ3n) is 3.54. The summed E-state index contributed by atoms with van der Waals surface area (Å²) in [4.78, 5) is 34.9. The van der Waals surface area contributed by atoms with E-state index in [4.69, 9.17) is 27.9 Å². The molecular weight excluding hydrogens is 397 g/mol. The largest absolute Gasteiger partial charge is 0.449 e. The van der Waals surface area contributed by atoms with Gasteiger partial charge >= 0.3 is 5.97 Å². The Morgan fingerprint density at radius 2 is 1.85 bits per heavy atom. The zero-order valence-corrected chi connectivity index (χ0v) is 15.8. The Hall–Kier alpha value is -2.84. The van der Waals surface area contributed by atoms with Gasteiger partial charge in [-0.15, -0.1) is 0 Å². The second kappa shape index (κ2) is 8.70. The van der Waals surface area contributed by atoms with Crippen molar-refractivity contribution in [3.63, 3.8) is 0 Å². The van der Waals surface area contributed by atoms with Crippen molar-refractivity contribution in [1.29, 1.82) is 0 Å². The van der Waals surface area contributed by atoms with Crippen LogP contribution in [0.25, 0.3) is 0 Å².